The number of allylic oxidation sites excluding steroid dienone is 1. The molecule has 0 bridgehead atoms. The first-order valence-corrected chi connectivity index (χ1v) is 7.96. The molecule has 0 unspecified atom stereocenters. The fourth-order valence-electron chi connectivity index (χ4n) is 2.61. The Bertz CT molecular complexity index is 1050. The van der Waals surface area contributed by atoms with E-state index >= 15 is 0 Å². The van der Waals surface area contributed by atoms with Crippen molar-refractivity contribution in [3.05, 3.63) is 71.2 Å². The number of amides is 1. The third-order valence-electron chi connectivity index (χ3n) is 3.82. The SMILES string of the molecule is C=CCn1c(-c2ccc(F)cc2)cn2cc(C(=O)NCC(F)F)nc2c1=O. The smallest absolute Gasteiger partial charge is 0.295 e. The van der Waals surface area contributed by atoms with Crippen LogP contribution in [-0.4, -0.2) is 32.8 Å². The zero-order valence-electron chi connectivity index (χ0n) is 14.0. The van der Waals surface area contributed by atoms with Crippen LogP contribution in [-0.2, 0) is 6.54 Å². The highest BCUT2D eigenvalue weighted by molar-refractivity contribution is 5.92. The van der Waals surface area contributed by atoms with Gasteiger partial charge in [-0.2, -0.15) is 0 Å². The van der Waals surface area contributed by atoms with Crippen molar-refractivity contribution in [3.8, 4) is 11.3 Å². The normalized spacial score (nSPS) is 11.1. The summed E-state index contributed by atoms with van der Waals surface area (Å²) >= 11 is 0. The van der Waals surface area contributed by atoms with Gasteiger partial charge in [-0.1, -0.05) is 6.08 Å². The number of carbonyl (C=O) groups excluding carboxylic acids is 1. The van der Waals surface area contributed by atoms with Gasteiger partial charge in [0.2, 0.25) is 5.65 Å². The number of nitrogens with one attached hydrogen (secondary N) is 1. The van der Waals surface area contributed by atoms with Crippen molar-refractivity contribution < 1.29 is 18.0 Å². The summed E-state index contributed by atoms with van der Waals surface area (Å²) in [5, 5.41) is 2.04. The van der Waals surface area contributed by atoms with Gasteiger partial charge >= 0.3 is 0 Å². The minimum atomic E-state index is -2.69. The second kappa shape index (κ2) is 7.48. The van der Waals surface area contributed by atoms with E-state index in [-0.39, 0.29) is 17.9 Å². The third-order valence-corrected chi connectivity index (χ3v) is 3.82. The molecule has 6 nitrogen and oxygen atoms in total. The summed E-state index contributed by atoms with van der Waals surface area (Å²) in [4.78, 5) is 28.7. The number of hydrogen-bond donors (Lipinski definition) is 1. The first-order chi connectivity index (χ1) is 12.9. The van der Waals surface area contributed by atoms with E-state index in [1.165, 1.54) is 45.5 Å². The van der Waals surface area contributed by atoms with Crippen LogP contribution >= 0.6 is 0 Å². The van der Waals surface area contributed by atoms with Crippen molar-refractivity contribution in [1.82, 2.24) is 19.3 Å². The molecule has 0 aliphatic carbocycles. The number of aromatic nitrogens is 3. The monoisotopic (exact) mass is 376 g/mol. The Balaban J connectivity index is 2.12. The minimum absolute atomic E-state index is 0.0371. The molecule has 0 saturated heterocycles. The number of halogens is 3. The number of rotatable bonds is 6. The van der Waals surface area contributed by atoms with E-state index in [2.05, 4.69) is 11.6 Å². The molecule has 1 N–H and O–H groups in total. The zero-order valence-corrected chi connectivity index (χ0v) is 14.0. The lowest BCUT2D eigenvalue weighted by Gasteiger charge is -2.12. The lowest BCUT2D eigenvalue weighted by Crippen LogP contribution is -2.28. The van der Waals surface area contributed by atoms with Crippen molar-refractivity contribution in [1.29, 1.82) is 0 Å². The fraction of sp³-hybridized carbons (Fsp3) is 0.167. The van der Waals surface area contributed by atoms with E-state index in [1.807, 2.05) is 5.32 Å². The van der Waals surface area contributed by atoms with Gasteiger partial charge in [0.25, 0.3) is 17.9 Å². The number of carbonyl (C=O) groups is 1. The summed E-state index contributed by atoms with van der Waals surface area (Å²) in [6, 6.07) is 5.56. The van der Waals surface area contributed by atoms with Crippen molar-refractivity contribution in [2.45, 2.75) is 13.0 Å². The quantitative estimate of drug-likeness (QED) is 0.672. The Labute approximate surface area is 151 Å². The summed E-state index contributed by atoms with van der Waals surface area (Å²) in [5.41, 5.74) is 0.350. The van der Waals surface area contributed by atoms with Gasteiger partial charge < -0.3 is 5.32 Å². The zero-order chi connectivity index (χ0) is 19.6. The van der Waals surface area contributed by atoms with Gasteiger partial charge in [0.15, 0.2) is 0 Å². The second-order valence-corrected chi connectivity index (χ2v) is 5.68. The highest BCUT2D eigenvalue weighted by Crippen LogP contribution is 2.19. The van der Waals surface area contributed by atoms with Crippen molar-refractivity contribution in [2.24, 2.45) is 0 Å². The molecule has 0 spiro atoms. The van der Waals surface area contributed by atoms with Crippen LogP contribution in [0.1, 0.15) is 10.5 Å². The van der Waals surface area contributed by atoms with E-state index in [0.29, 0.717) is 11.3 Å². The molecule has 140 valence electrons. The van der Waals surface area contributed by atoms with Crippen molar-refractivity contribution in [3.63, 3.8) is 0 Å². The Hall–Kier alpha value is -3.36. The van der Waals surface area contributed by atoms with Crippen molar-refractivity contribution in [2.75, 3.05) is 6.54 Å². The molecule has 1 aromatic carbocycles. The molecule has 0 aliphatic heterocycles. The van der Waals surface area contributed by atoms with Gasteiger partial charge in [0, 0.05) is 18.9 Å². The predicted octanol–water partition coefficient (Wildman–Crippen LogP) is 2.48. The van der Waals surface area contributed by atoms with Gasteiger partial charge in [-0.15, -0.1) is 6.58 Å². The van der Waals surface area contributed by atoms with Gasteiger partial charge in [0.1, 0.15) is 11.5 Å². The number of hydrogen-bond acceptors (Lipinski definition) is 3. The van der Waals surface area contributed by atoms with Gasteiger partial charge in [-0.05, 0) is 29.8 Å². The van der Waals surface area contributed by atoms with E-state index in [0.717, 1.165) is 0 Å². The standard InChI is InChI=1S/C18H15F3N4O2/c1-2-7-25-14(11-3-5-12(19)6-4-11)10-24-9-13(23-16(24)18(25)27)17(26)22-8-15(20)21/h2-6,9-10,15H,1,7-8H2,(H,22,26). The topological polar surface area (TPSA) is 68.4 Å². The largest absolute Gasteiger partial charge is 0.345 e. The average molecular weight is 376 g/mol. The number of fused-ring (bicyclic) bond motifs is 1. The first kappa shape index (κ1) is 18.4. The number of nitrogens with zero attached hydrogens (tertiary/aromatic N) is 3. The summed E-state index contributed by atoms with van der Waals surface area (Å²) in [6.45, 7) is 2.98. The van der Waals surface area contributed by atoms with Crippen LogP contribution in [0.5, 0.6) is 0 Å². The number of benzene rings is 1. The predicted molar refractivity (Wildman–Crippen MR) is 93.4 cm³/mol. The van der Waals surface area contributed by atoms with Crippen LogP contribution in [0.4, 0.5) is 13.2 Å². The Morgan fingerprint density at radius 1 is 1.26 bits per heavy atom. The summed E-state index contributed by atoms with van der Waals surface area (Å²) < 4.78 is 40.4. The van der Waals surface area contributed by atoms with Gasteiger partial charge in [-0.25, -0.2) is 18.2 Å². The molecular weight excluding hydrogens is 361 g/mol. The van der Waals surface area contributed by atoms with Crippen LogP contribution in [0.15, 0.2) is 54.1 Å². The maximum atomic E-state index is 13.2. The van der Waals surface area contributed by atoms with E-state index in [1.54, 1.807) is 6.20 Å². The molecule has 27 heavy (non-hydrogen) atoms. The second-order valence-electron chi connectivity index (χ2n) is 5.68. The number of imidazole rings is 1. The summed E-state index contributed by atoms with van der Waals surface area (Å²) in [6.07, 6.45) is 1.66. The van der Waals surface area contributed by atoms with Crippen molar-refractivity contribution >= 4 is 11.6 Å². The minimum Gasteiger partial charge on any atom is -0.345 e. The van der Waals surface area contributed by atoms with Crippen LogP contribution in [0, 0.1) is 5.82 Å². The summed E-state index contributed by atoms with van der Waals surface area (Å²) in [7, 11) is 0. The van der Waals surface area contributed by atoms with Gasteiger partial charge in [-0.3, -0.25) is 18.6 Å². The Kier molecular flexibility index (Phi) is 5.11. The Morgan fingerprint density at radius 3 is 2.59 bits per heavy atom. The molecule has 3 rings (SSSR count). The molecule has 0 fully saturated rings. The molecule has 3 aromatic rings. The molecule has 0 radical (unpaired) electrons. The highest BCUT2D eigenvalue weighted by atomic mass is 19.3. The van der Waals surface area contributed by atoms with Crippen LogP contribution in [0.2, 0.25) is 0 Å². The molecule has 2 heterocycles. The van der Waals surface area contributed by atoms with E-state index in [9.17, 15) is 22.8 Å². The van der Waals surface area contributed by atoms with Crippen LogP contribution < -0.4 is 10.9 Å². The fourth-order valence-corrected chi connectivity index (χ4v) is 2.61. The molecule has 9 heteroatoms. The number of alkyl halides is 2. The molecule has 2 aromatic heterocycles. The van der Waals surface area contributed by atoms with Crippen LogP contribution in [0.25, 0.3) is 16.9 Å². The average Bonchev–Trinajstić information content (AvgIpc) is 3.07. The first-order valence-electron chi connectivity index (χ1n) is 7.96. The lowest BCUT2D eigenvalue weighted by molar-refractivity contribution is 0.0887. The molecule has 0 saturated carbocycles. The lowest BCUT2D eigenvalue weighted by atomic mass is 10.1. The molecule has 1 amide bonds. The Morgan fingerprint density at radius 2 is 1.96 bits per heavy atom. The maximum Gasteiger partial charge on any atom is 0.295 e. The molecule has 0 atom stereocenters. The highest BCUT2D eigenvalue weighted by Gasteiger charge is 2.17. The molecular formula is C18H15F3N4O2. The maximum absolute atomic E-state index is 13.2. The van der Waals surface area contributed by atoms with Crippen LogP contribution in [0.3, 0.4) is 0 Å². The van der Waals surface area contributed by atoms with Gasteiger partial charge in [0.05, 0.1) is 12.2 Å². The molecule has 0 aliphatic rings. The van der Waals surface area contributed by atoms with E-state index < -0.39 is 30.3 Å². The third kappa shape index (κ3) is 3.76. The van der Waals surface area contributed by atoms with E-state index in [4.69, 9.17) is 0 Å². The summed E-state index contributed by atoms with van der Waals surface area (Å²) in [5.74, 6) is -1.23.